The fourth-order valence-electron chi connectivity index (χ4n) is 2.82. The van der Waals surface area contributed by atoms with E-state index in [1.54, 1.807) is 29.2 Å². The van der Waals surface area contributed by atoms with Crippen LogP contribution in [0.4, 0.5) is 0 Å². The zero-order valence-electron chi connectivity index (χ0n) is 14.1. The van der Waals surface area contributed by atoms with Crippen LogP contribution in [0.1, 0.15) is 30.3 Å². The van der Waals surface area contributed by atoms with Crippen molar-refractivity contribution in [3.63, 3.8) is 0 Å². The van der Waals surface area contributed by atoms with E-state index in [0.717, 1.165) is 22.1 Å². The second kappa shape index (κ2) is 6.84. The summed E-state index contributed by atoms with van der Waals surface area (Å²) in [5.74, 6) is 0.123. The summed E-state index contributed by atoms with van der Waals surface area (Å²) < 4.78 is 1.96. The Kier molecular flexibility index (Phi) is 4.76. The first-order valence-electron chi connectivity index (χ1n) is 8.14. The van der Waals surface area contributed by atoms with E-state index in [9.17, 15) is 14.4 Å². The number of benzene rings is 1. The maximum absolute atomic E-state index is 12.7. The van der Waals surface area contributed by atoms with Gasteiger partial charge in [-0.1, -0.05) is 18.5 Å². The van der Waals surface area contributed by atoms with Gasteiger partial charge in [-0.3, -0.25) is 14.2 Å². The highest BCUT2D eigenvalue weighted by Gasteiger charge is 2.26. The van der Waals surface area contributed by atoms with Crippen molar-refractivity contribution in [3.05, 3.63) is 55.8 Å². The van der Waals surface area contributed by atoms with Gasteiger partial charge in [-0.25, -0.2) is 4.79 Å². The van der Waals surface area contributed by atoms with Crippen LogP contribution in [0.25, 0.3) is 5.69 Å². The molecule has 1 fully saturated rings. The Balaban J connectivity index is 2.05. The van der Waals surface area contributed by atoms with Crippen molar-refractivity contribution in [1.82, 2.24) is 19.2 Å². The van der Waals surface area contributed by atoms with E-state index in [4.69, 9.17) is 11.6 Å². The van der Waals surface area contributed by atoms with Crippen molar-refractivity contribution in [2.24, 2.45) is 13.0 Å². The van der Waals surface area contributed by atoms with E-state index >= 15 is 0 Å². The average molecular weight is 363 g/mol. The van der Waals surface area contributed by atoms with E-state index < -0.39 is 17.2 Å². The minimum absolute atomic E-state index is 0.244. The Labute approximate surface area is 149 Å². The first-order valence-corrected chi connectivity index (χ1v) is 8.52. The zero-order valence-corrected chi connectivity index (χ0v) is 14.9. The summed E-state index contributed by atoms with van der Waals surface area (Å²) in [5.41, 5.74) is -1.10. The molecular formula is C17H19ClN4O3. The van der Waals surface area contributed by atoms with Gasteiger partial charge in [0, 0.05) is 25.2 Å². The standard InChI is InChI=1S/C17H19ClN4O3/c1-11-7-9-21(10-8-11)16(24)14-15(23)20(2)17(25)22(19-14)13-5-3-12(18)4-6-13/h3-6,11H,7-10H2,1-2H3. The van der Waals surface area contributed by atoms with Crippen molar-refractivity contribution in [1.29, 1.82) is 0 Å². The predicted octanol–water partition coefficient (Wildman–Crippen LogP) is 1.46. The Hall–Kier alpha value is -2.41. The maximum atomic E-state index is 12.7. The van der Waals surface area contributed by atoms with Gasteiger partial charge in [0.25, 0.3) is 11.5 Å². The normalized spacial score (nSPS) is 15.4. The summed E-state index contributed by atoms with van der Waals surface area (Å²) in [6.45, 7) is 3.32. The molecule has 8 heteroatoms. The van der Waals surface area contributed by atoms with Crippen molar-refractivity contribution < 1.29 is 4.79 Å². The second-order valence-electron chi connectivity index (χ2n) is 6.36. The third kappa shape index (κ3) is 3.37. The number of hydrogen-bond acceptors (Lipinski definition) is 4. The highest BCUT2D eigenvalue weighted by Crippen LogP contribution is 2.17. The highest BCUT2D eigenvalue weighted by molar-refractivity contribution is 6.30. The smallest absolute Gasteiger partial charge is 0.337 e. The molecule has 7 nitrogen and oxygen atoms in total. The molecule has 0 bridgehead atoms. The Morgan fingerprint density at radius 3 is 2.36 bits per heavy atom. The number of carbonyl (C=O) groups is 1. The van der Waals surface area contributed by atoms with Gasteiger partial charge in [0.2, 0.25) is 5.69 Å². The monoisotopic (exact) mass is 362 g/mol. The zero-order chi connectivity index (χ0) is 18.1. The van der Waals surface area contributed by atoms with Crippen molar-refractivity contribution in [2.45, 2.75) is 19.8 Å². The summed E-state index contributed by atoms with van der Waals surface area (Å²) in [5, 5.41) is 4.58. The van der Waals surface area contributed by atoms with Gasteiger partial charge >= 0.3 is 5.69 Å². The van der Waals surface area contributed by atoms with Crippen molar-refractivity contribution >= 4 is 17.5 Å². The molecule has 0 saturated carbocycles. The number of carbonyl (C=O) groups excluding carboxylic acids is 1. The third-order valence-corrected chi connectivity index (χ3v) is 4.77. The lowest BCUT2D eigenvalue weighted by molar-refractivity contribution is 0.0685. The van der Waals surface area contributed by atoms with Gasteiger partial charge in [-0.2, -0.15) is 9.78 Å². The molecule has 1 amide bonds. The molecule has 2 aromatic rings. The van der Waals surface area contributed by atoms with Gasteiger partial charge < -0.3 is 4.90 Å². The average Bonchev–Trinajstić information content (AvgIpc) is 2.61. The molecule has 3 rings (SSSR count). The molecule has 0 unspecified atom stereocenters. The lowest BCUT2D eigenvalue weighted by atomic mass is 9.99. The topological polar surface area (TPSA) is 77.2 Å². The molecule has 0 radical (unpaired) electrons. The molecule has 1 aliphatic heterocycles. The van der Waals surface area contributed by atoms with E-state index in [-0.39, 0.29) is 5.69 Å². The van der Waals surface area contributed by atoms with Gasteiger partial charge in [-0.05, 0) is 43.0 Å². The van der Waals surface area contributed by atoms with Crippen LogP contribution < -0.4 is 11.2 Å². The number of nitrogens with zero attached hydrogens (tertiary/aromatic N) is 4. The third-order valence-electron chi connectivity index (χ3n) is 4.52. The Bertz CT molecular complexity index is 909. The first kappa shape index (κ1) is 17.4. The molecule has 1 aromatic heterocycles. The SMILES string of the molecule is CC1CCN(C(=O)c2nn(-c3ccc(Cl)cc3)c(=O)n(C)c2=O)CC1. The molecule has 132 valence electrons. The lowest BCUT2D eigenvalue weighted by Gasteiger charge is -2.29. The molecule has 2 heterocycles. The van der Waals surface area contributed by atoms with Crippen LogP contribution in [-0.2, 0) is 7.05 Å². The summed E-state index contributed by atoms with van der Waals surface area (Å²) in [6, 6.07) is 6.45. The summed E-state index contributed by atoms with van der Waals surface area (Å²) >= 11 is 5.87. The molecular weight excluding hydrogens is 344 g/mol. The molecule has 0 N–H and O–H groups in total. The van der Waals surface area contributed by atoms with Crippen LogP contribution >= 0.6 is 11.6 Å². The van der Waals surface area contributed by atoms with Gasteiger partial charge in [-0.15, -0.1) is 0 Å². The number of halogens is 1. The van der Waals surface area contributed by atoms with Crippen LogP contribution in [0.5, 0.6) is 0 Å². The number of amides is 1. The summed E-state index contributed by atoms with van der Waals surface area (Å²) in [7, 11) is 1.34. The van der Waals surface area contributed by atoms with Crippen LogP contribution in [-0.4, -0.2) is 38.2 Å². The first-order chi connectivity index (χ1) is 11.9. The second-order valence-corrected chi connectivity index (χ2v) is 6.79. The molecule has 25 heavy (non-hydrogen) atoms. The summed E-state index contributed by atoms with van der Waals surface area (Å²) in [6.07, 6.45) is 1.78. The number of piperidine rings is 1. The Morgan fingerprint density at radius 1 is 1.16 bits per heavy atom. The quantitative estimate of drug-likeness (QED) is 0.810. The van der Waals surface area contributed by atoms with E-state index in [2.05, 4.69) is 12.0 Å². The predicted molar refractivity (Wildman–Crippen MR) is 94.4 cm³/mol. The molecule has 1 aromatic carbocycles. The van der Waals surface area contributed by atoms with E-state index in [0.29, 0.717) is 29.7 Å². The molecule has 1 saturated heterocycles. The molecule has 0 atom stereocenters. The lowest BCUT2D eigenvalue weighted by Crippen LogP contribution is -2.47. The fraction of sp³-hybridized carbons (Fsp3) is 0.412. The number of hydrogen-bond donors (Lipinski definition) is 0. The number of aromatic nitrogens is 3. The maximum Gasteiger partial charge on any atom is 0.351 e. The highest BCUT2D eigenvalue weighted by atomic mass is 35.5. The van der Waals surface area contributed by atoms with Crippen molar-refractivity contribution in [3.8, 4) is 5.69 Å². The van der Waals surface area contributed by atoms with Gasteiger partial charge in [0.1, 0.15) is 0 Å². The summed E-state index contributed by atoms with van der Waals surface area (Å²) in [4.78, 5) is 39.1. The van der Waals surface area contributed by atoms with E-state index in [1.807, 2.05) is 0 Å². The molecule has 0 spiro atoms. The van der Waals surface area contributed by atoms with Gasteiger partial charge in [0.15, 0.2) is 0 Å². The minimum atomic E-state index is -0.682. The van der Waals surface area contributed by atoms with E-state index in [1.165, 1.54) is 7.05 Å². The molecule has 1 aliphatic rings. The Morgan fingerprint density at radius 2 is 1.76 bits per heavy atom. The minimum Gasteiger partial charge on any atom is -0.337 e. The van der Waals surface area contributed by atoms with Crippen molar-refractivity contribution in [2.75, 3.05) is 13.1 Å². The van der Waals surface area contributed by atoms with Crippen LogP contribution in [0.3, 0.4) is 0 Å². The fourth-order valence-corrected chi connectivity index (χ4v) is 2.95. The largest absolute Gasteiger partial charge is 0.351 e. The molecule has 0 aliphatic carbocycles. The van der Waals surface area contributed by atoms with Crippen LogP contribution in [0.15, 0.2) is 33.9 Å². The number of likely N-dealkylation sites (tertiary alicyclic amines) is 1. The van der Waals surface area contributed by atoms with Gasteiger partial charge in [0.05, 0.1) is 5.69 Å². The van der Waals surface area contributed by atoms with Crippen LogP contribution in [0, 0.1) is 5.92 Å². The number of rotatable bonds is 2. The van der Waals surface area contributed by atoms with Crippen LogP contribution in [0.2, 0.25) is 5.02 Å².